The molecule has 0 amide bonds. The standard InChI is InChI=1S/C29H33FO5/c1-3-6-23-19-20(8-16-27(32)33)7-15-26(23)34-17-5-18-35-29-21(4-2)11-14-25(31)28(29)22-9-12-24(30)13-10-22/h7,9-15,19,31H,3-6,8,16-18H2,1-2H3,(H,32,33). The van der Waals surface area contributed by atoms with Crippen LogP contribution in [-0.4, -0.2) is 29.4 Å². The topological polar surface area (TPSA) is 76.0 Å². The Labute approximate surface area is 206 Å². The molecule has 2 N–H and O–H groups in total. The molecular weight excluding hydrogens is 447 g/mol. The van der Waals surface area contributed by atoms with Crippen molar-refractivity contribution in [1.29, 1.82) is 0 Å². The van der Waals surface area contributed by atoms with Crippen LogP contribution in [0.3, 0.4) is 0 Å². The highest BCUT2D eigenvalue weighted by molar-refractivity contribution is 5.78. The van der Waals surface area contributed by atoms with E-state index in [0.717, 1.165) is 41.7 Å². The molecule has 186 valence electrons. The number of hydrogen-bond donors (Lipinski definition) is 2. The summed E-state index contributed by atoms with van der Waals surface area (Å²) in [5, 5.41) is 19.5. The monoisotopic (exact) mass is 480 g/mol. The molecule has 0 radical (unpaired) electrons. The van der Waals surface area contributed by atoms with E-state index in [-0.39, 0.29) is 18.0 Å². The summed E-state index contributed by atoms with van der Waals surface area (Å²) in [6.45, 7) is 4.97. The summed E-state index contributed by atoms with van der Waals surface area (Å²) in [6.07, 6.45) is 3.79. The van der Waals surface area contributed by atoms with Gasteiger partial charge in [-0.1, -0.05) is 50.6 Å². The zero-order valence-electron chi connectivity index (χ0n) is 20.4. The Morgan fingerprint density at radius 1 is 0.914 bits per heavy atom. The van der Waals surface area contributed by atoms with Crippen molar-refractivity contribution >= 4 is 5.97 Å². The minimum absolute atomic E-state index is 0.0900. The van der Waals surface area contributed by atoms with E-state index in [4.69, 9.17) is 14.6 Å². The van der Waals surface area contributed by atoms with Crippen molar-refractivity contribution in [2.75, 3.05) is 13.2 Å². The predicted molar refractivity (Wildman–Crippen MR) is 135 cm³/mol. The van der Waals surface area contributed by atoms with Gasteiger partial charge in [0.1, 0.15) is 23.1 Å². The molecule has 0 atom stereocenters. The lowest BCUT2D eigenvalue weighted by atomic mass is 9.99. The summed E-state index contributed by atoms with van der Waals surface area (Å²) < 4.78 is 25.6. The van der Waals surface area contributed by atoms with Crippen molar-refractivity contribution in [1.82, 2.24) is 0 Å². The molecule has 0 fully saturated rings. The van der Waals surface area contributed by atoms with Gasteiger partial charge in [0.25, 0.3) is 0 Å². The molecule has 0 saturated heterocycles. The number of benzene rings is 3. The second-order valence-electron chi connectivity index (χ2n) is 8.44. The third kappa shape index (κ3) is 7.22. The molecule has 35 heavy (non-hydrogen) atoms. The lowest BCUT2D eigenvalue weighted by Crippen LogP contribution is -2.08. The zero-order chi connectivity index (χ0) is 25.2. The first-order valence-corrected chi connectivity index (χ1v) is 12.1. The number of rotatable bonds is 13. The molecule has 3 aromatic carbocycles. The van der Waals surface area contributed by atoms with E-state index in [1.54, 1.807) is 18.2 Å². The number of carboxylic acid groups (broad SMARTS) is 1. The maximum atomic E-state index is 13.4. The lowest BCUT2D eigenvalue weighted by Gasteiger charge is -2.17. The van der Waals surface area contributed by atoms with Gasteiger partial charge in [0.15, 0.2) is 0 Å². The lowest BCUT2D eigenvalue weighted by molar-refractivity contribution is -0.136. The Morgan fingerprint density at radius 3 is 2.34 bits per heavy atom. The molecule has 0 saturated carbocycles. The maximum absolute atomic E-state index is 13.4. The van der Waals surface area contributed by atoms with E-state index in [2.05, 4.69) is 6.92 Å². The number of carboxylic acids is 1. The Hall–Kier alpha value is -3.54. The number of halogens is 1. The minimum atomic E-state index is -0.803. The normalized spacial score (nSPS) is 10.8. The summed E-state index contributed by atoms with van der Waals surface area (Å²) >= 11 is 0. The van der Waals surface area contributed by atoms with Gasteiger partial charge in [0, 0.05) is 12.8 Å². The summed E-state index contributed by atoms with van der Waals surface area (Å²) in [7, 11) is 0. The first-order valence-electron chi connectivity index (χ1n) is 12.1. The fourth-order valence-corrected chi connectivity index (χ4v) is 4.01. The summed E-state index contributed by atoms with van der Waals surface area (Å²) in [6, 6.07) is 15.4. The maximum Gasteiger partial charge on any atom is 0.303 e. The average Bonchev–Trinajstić information content (AvgIpc) is 2.84. The molecular formula is C29H33FO5. The zero-order valence-corrected chi connectivity index (χ0v) is 20.4. The number of carbonyl (C=O) groups is 1. The number of phenols is 1. The molecule has 0 aliphatic heterocycles. The van der Waals surface area contributed by atoms with Crippen LogP contribution in [0.2, 0.25) is 0 Å². The van der Waals surface area contributed by atoms with Crippen LogP contribution >= 0.6 is 0 Å². The average molecular weight is 481 g/mol. The van der Waals surface area contributed by atoms with Crippen molar-refractivity contribution in [3.63, 3.8) is 0 Å². The minimum Gasteiger partial charge on any atom is -0.507 e. The molecule has 0 bridgehead atoms. The number of aromatic hydroxyl groups is 1. The summed E-state index contributed by atoms with van der Waals surface area (Å²) in [5.74, 6) is 0.366. The van der Waals surface area contributed by atoms with Gasteiger partial charge >= 0.3 is 5.97 Å². The van der Waals surface area contributed by atoms with Gasteiger partial charge in [0.2, 0.25) is 0 Å². The number of phenolic OH excluding ortho intramolecular Hbond substituents is 1. The van der Waals surface area contributed by atoms with Crippen molar-refractivity contribution in [2.45, 2.75) is 52.4 Å². The SMILES string of the molecule is CCCc1cc(CCC(=O)O)ccc1OCCCOc1c(CC)ccc(O)c1-c1ccc(F)cc1. The largest absolute Gasteiger partial charge is 0.507 e. The van der Waals surface area contributed by atoms with Crippen LogP contribution in [0.15, 0.2) is 54.6 Å². The third-order valence-electron chi connectivity index (χ3n) is 5.80. The van der Waals surface area contributed by atoms with E-state index in [9.17, 15) is 14.3 Å². The number of aliphatic carboxylic acids is 1. The van der Waals surface area contributed by atoms with Crippen molar-refractivity contribution < 1.29 is 28.9 Å². The first-order chi connectivity index (χ1) is 16.9. The molecule has 3 aromatic rings. The molecule has 3 rings (SSSR count). The highest BCUT2D eigenvalue weighted by Crippen LogP contribution is 2.40. The number of hydrogen-bond acceptors (Lipinski definition) is 4. The predicted octanol–water partition coefficient (Wildman–Crippen LogP) is 6.58. The van der Waals surface area contributed by atoms with Gasteiger partial charge in [-0.25, -0.2) is 4.39 Å². The van der Waals surface area contributed by atoms with E-state index in [0.29, 0.717) is 42.9 Å². The van der Waals surface area contributed by atoms with Crippen LogP contribution < -0.4 is 9.47 Å². The highest BCUT2D eigenvalue weighted by atomic mass is 19.1. The Morgan fingerprint density at radius 2 is 1.66 bits per heavy atom. The van der Waals surface area contributed by atoms with Gasteiger partial charge in [-0.15, -0.1) is 0 Å². The first kappa shape index (κ1) is 26.1. The van der Waals surface area contributed by atoms with Crippen molar-refractivity contribution in [3.05, 3.63) is 77.1 Å². The summed E-state index contributed by atoms with van der Waals surface area (Å²) in [5.41, 5.74) is 4.29. The highest BCUT2D eigenvalue weighted by Gasteiger charge is 2.16. The van der Waals surface area contributed by atoms with Crippen LogP contribution in [0.5, 0.6) is 17.2 Å². The molecule has 0 aromatic heterocycles. The molecule has 0 aliphatic rings. The van der Waals surface area contributed by atoms with E-state index in [1.165, 1.54) is 12.1 Å². The third-order valence-corrected chi connectivity index (χ3v) is 5.80. The van der Waals surface area contributed by atoms with E-state index >= 15 is 0 Å². The van der Waals surface area contributed by atoms with Gasteiger partial charge in [-0.3, -0.25) is 4.79 Å². The van der Waals surface area contributed by atoms with Gasteiger partial charge < -0.3 is 19.7 Å². The Balaban J connectivity index is 1.65. The molecule has 0 heterocycles. The second kappa shape index (κ2) is 12.8. The smallest absolute Gasteiger partial charge is 0.303 e. The quantitative estimate of drug-likeness (QED) is 0.270. The van der Waals surface area contributed by atoms with Crippen LogP contribution in [0.25, 0.3) is 11.1 Å². The van der Waals surface area contributed by atoms with Crippen molar-refractivity contribution in [2.24, 2.45) is 0 Å². The van der Waals surface area contributed by atoms with Gasteiger partial charge in [-0.05, 0) is 65.8 Å². The van der Waals surface area contributed by atoms with Crippen molar-refractivity contribution in [3.8, 4) is 28.4 Å². The van der Waals surface area contributed by atoms with Crippen LogP contribution in [0.4, 0.5) is 4.39 Å². The number of ether oxygens (including phenoxy) is 2. The van der Waals surface area contributed by atoms with Gasteiger partial charge in [0.05, 0.1) is 18.8 Å². The van der Waals surface area contributed by atoms with Gasteiger partial charge in [-0.2, -0.15) is 0 Å². The van der Waals surface area contributed by atoms with E-state index < -0.39 is 5.97 Å². The van der Waals surface area contributed by atoms with Crippen LogP contribution in [0.1, 0.15) is 49.8 Å². The molecule has 5 nitrogen and oxygen atoms in total. The Kier molecular flexibility index (Phi) is 9.53. The fourth-order valence-electron chi connectivity index (χ4n) is 4.01. The molecule has 0 spiro atoms. The van der Waals surface area contributed by atoms with Crippen LogP contribution in [0, 0.1) is 5.82 Å². The summed E-state index contributed by atoms with van der Waals surface area (Å²) in [4.78, 5) is 10.9. The van der Waals surface area contributed by atoms with Crippen LogP contribution in [-0.2, 0) is 24.1 Å². The molecule has 0 aliphatic carbocycles. The number of aryl methyl sites for hydroxylation is 3. The fraction of sp³-hybridized carbons (Fsp3) is 0.345. The molecule has 6 heteroatoms. The second-order valence-corrected chi connectivity index (χ2v) is 8.44. The molecule has 0 unspecified atom stereocenters. The van der Waals surface area contributed by atoms with E-state index in [1.807, 2.05) is 31.2 Å². The Bertz CT molecular complexity index is 1120.